The first-order valence-electron chi connectivity index (χ1n) is 9.11. The first-order valence-corrected chi connectivity index (χ1v) is 9.49. The molecule has 2 heterocycles. The molecule has 0 bridgehead atoms. The summed E-state index contributed by atoms with van der Waals surface area (Å²) >= 11 is 6.02. The monoisotopic (exact) mass is 416 g/mol. The summed E-state index contributed by atoms with van der Waals surface area (Å²) in [5.74, 6) is -0.780. The van der Waals surface area contributed by atoms with E-state index in [0.717, 1.165) is 0 Å². The van der Waals surface area contributed by atoms with Gasteiger partial charge in [-0.1, -0.05) is 48.0 Å². The molecule has 0 amide bonds. The van der Waals surface area contributed by atoms with Gasteiger partial charge >= 0.3 is 5.63 Å². The highest BCUT2D eigenvalue weighted by atomic mass is 35.5. The number of hydrogen-bond donors (Lipinski definition) is 1. The Morgan fingerprint density at radius 1 is 0.867 bits per heavy atom. The Morgan fingerprint density at radius 2 is 1.57 bits per heavy atom. The predicted octanol–water partition coefficient (Wildman–Crippen LogP) is 5.80. The summed E-state index contributed by atoms with van der Waals surface area (Å²) in [7, 11) is 0. The molecule has 1 N–H and O–H groups in total. The van der Waals surface area contributed by atoms with Crippen molar-refractivity contribution in [2.45, 2.75) is 0 Å². The lowest BCUT2D eigenvalue weighted by Crippen LogP contribution is -2.04. The standard InChI is InChI=1S/C24H13ClO5/c25-14-11-9-13(10-12-14)19-20-22(16-6-2-4-8-18(16)29-24(20)28)30-23(19)21(27)15-5-1-3-7-17(15)26/h1-12,26H. The summed E-state index contributed by atoms with van der Waals surface area (Å²) in [6.07, 6.45) is 0. The van der Waals surface area contributed by atoms with Gasteiger partial charge in [0.1, 0.15) is 16.7 Å². The average Bonchev–Trinajstić information content (AvgIpc) is 3.16. The first-order chi connectivity index (χ1) is 14.5. The van der Waals surface area contributed by atoms with E-state index in [9.17, 15) is 14.7 Å². The summed E-state index contributed by atoms with van der Waals surface area (Å²) in [6.45, 7) is 0. The molecular weight excluding hydrogens is 404 g/mol. The largest absolute Gasteiger partial charge is 0.507 e. The van der Waals surface area contributed by atoms with Crippen LogP contribution in [0.15, 0.2) is 86.4 Å². The van der Waals surface area contributed by atoms with E-state index in [1.165, 1.54) is 12.1 Å². The predicted molar refractivity (Wildman–Crippen MR) is 114 cm³/mol. The van der Waals surface area contributed by atoms with E-state index in [2.05, 4.69) is 0 Å². The molecule has 6 heteroatoms. The molecule has 3 aromatic carbocycles. The number of hydrogen-bond acceptors (Lipinski definition) is 5. The van der Waals surface area contributed by atoms with E-state index in [4.69, 9.17) is 20.4 Å². The number of rotatable bonds is 3. The topological polar surface area (TPSA) is 80.6 Å². The van der Waals surface area contributed by atoms with E-state index >= 15 is 0 Å². The Hall–Kier alpha value is -3.83. The molecule has 30 heavy (non-hydrogen) atoms. The van der Waals surface area contributed by atoms with Gasteiger partial charge in [-0.2, -0.15) is 0 Å². The molecule has 0 unspecified atom stereocenters. The number of ketones is 1. The second-order valence-electron chi connectivity index (χ2n) is 6.75. The van der Waals surface area contributed by atoms with E-state index in [0.29, 0.717) is 27.1 Å². The Morgan fingerprint density at radius 3 is 2.33 bits per heavy atom. The molecule has 0 radical (unpaired) electrons. The molecule has 0 saturated heterocycles. The summed E-state index contributed by atoms with van der Waals surface area (Å²) in [5.41, 5.74) is 0.932. The molecule has 5 nitrogen and oxygen atoms in total. The molecule has 0 aliphatic rings. The van der Waals surface area contributed by atoms with E-state index < -0.39 is 11.4 Å². The van der Waals surface area contributed by atoms with Crippen LogP contribution in [0, 0.1) is 0 Å². The highest BCUT2D eigenvalue weighted by Crippen LogP contribution is 2.38. The van der Waals surface area contributed by atoms with Gasteiger partial charge in [0.05, 0.1) is 10.9 Å². The van der Waals surface area contributed by atoms with Crippen molar-refractivity contribution in [2.75, 3.05) is 0 Å². The molecular formula is C24H13ClO5. The fourth-order valence-electron chi connectivity index (χ4n) is 3.55. The van der Waals surface area contributed by atoms with Gasteiger partial charge in [-0.25, -0.2) is 4.79 Å². The zero-order chi connectivity index (χ0) is 20.8. The van der Waals surface area contributed by atoms with Crippen molar-refractivity contribution < 1.29 is 18.7 Å². The molecule has 146 valence electrons. The van der Waals surface area contributed by atoms with Gasteiger partial charge in [0, 0.05) is 10.6 Å². The van der Waals surface area contributed by atoms with Crippen molar-refractivity contribution >= 4 is 39.3 Å². The van der Waals surface area contributed by atoms with Gasteiger partial charge < -0.3 is 13.9 Å². The van der Waals surface area contributed by atoms with Crippen LogP contribution in [0.5, 0.6) is 5.75 Å². The normalized spacial score (nSPS) is 11.2. The van der Waals surface area contributed by atoms with Crippen molar-refractivity contribution in [3.8, 4) is 16.9 Å². The SMILES string of the molecule is O=C(c1ccccc1O)c1oc2c(c1-c1ccc(Cl)cc1)c(=O)oc1ccccc12. The number of carbonyl (C=O) groups excluding carboxylic acids is 1. The van der Waals surface area contributed by atoms with E-state index in [1.54, 1.807) is 60.7 Å². The Labute approximate surface area is 174 Å². The zero-order valence-corrected chi connectivity index (χ0v) is 16.1. The Bertz CT molecular complexity index is 1490. The lowest BCUT2D eigenvalue weighted by Gasteiger charge is -2.05. The van der Waals surface area contributed by atoms with Crippen molar-refractivity contribution in [3.05, 3.63) is 99.6 Å². The van der Waals surface area contributed by atoms with Crippen LogP contribution >= 0.6 is 11.6 Å². The van der Waals surface area contributed by atoms with Crippen LogP contribution in [0.3, 0.4) is 0 Å². The minimum atomic E-state index is -0.617. The van der Waals surface area contributed by atoms with Crippen molar-refractivity contribution in [2.24, 2.45) is 0 Å². The second-order valence-corrected chi connectivity index (χ2v) is 7.19. The summed E-state index contributed by atoms with van der Waals surface area (Å²) in [6, 6.07) is 19.8. The average molecular weight is 417 g/mol. The van der Waals surface area contributed by atoms with Crippen LogP contribution < -0.4 is 5.63 Å². The van der Waals surface area contributed by atoms with E-state index in [1.807, 2.05) is 0 Å². The molecule has 5 rings (SSSR count). The summed E-state index contributed by atoms with van der Waals surface area (Å²) in [4.78, 5) is 26.2. The summed E-state index contributed by atoms with van der Waals surface area (Å²) in [5, 5.41) is 11.4. The summed E-state index contributed by atoms with van der Waals surface area (Å²) < 4.78 is 11.5. The van der Waals surface area contributed by atoms with Crippen LogP contribution in [-0.2, 0) is 0 Å². The number of phenolic OH excluding ortho intramolecular Hbond substituents is 1. The number of furan rings is 1. The van der Waals surface area contributed by atoms with Gasteiger partial charge in [0.2, 0.25) is 5.78 Å². The van der Waals surface area contributed by atoms with Crippen molar-refractivity contribution in [3.63, 3.8) is 0 Å². The fraction of sp³-hybridized carbons (Fsp3) is 0. The molecule has 0 atom stereocenters. The Kier molecular flexibility index (Phi) is 4.19. The van der Waals surface area contributed by atoms with Gasteiger partial charge in [0.25, 0.3) is 0 Å². The van der Waals surface area contributed by atoms with Crippen LogP contribution in [-0.4, -0.2) is 10.9 Å². The molecule has 0 spiro atoms. The zero-order valence-electron chi connectivity index (χ0n) is 15.4. The third-order valence-corrected chi connectivity index (χ3v) is 5.19. The molecule has 5 aromatic rings. The van der Waals surface area contributed by atoms with Crippen LogP contribution in [0.25, 0.3) is 33.1 Å². The maximum Gasteiger partial charge on any atom is 0.348 e. The molecule has 0 fully saturated rings. The lowest BCUT2D eigenvalue weighted by atomic mass is 9.98. The number of benzene rings is 3. The minimum absolute atomic E-state index is 0.0579. The third kappa shape index (κ3) is 2.79. The molecule has 2 aromatic heterocycles. The highest BCUT2D eigenvalue weighted by molar-refractivity contribution is 6.30. The van der Waals surface area contributed by atoms with Gasteiger partial charge in [0.15, 0.2) is 11.3 Å². The van der Waals surface area contributed by atoms with Gasteiger partial charge in [-0.3, -0.25) is 4.79 Å². The maximum atomic E-state index is 13.3. The van der Waals surface area contributed by atoms with E-state index in [-0.39, 0.29) is 28.0 Å². The lowest BCUT2D eigenvalue weighted by molar-refractivity contribution is 0.101. The van der Waals surface area contributed by atoms with Crippen LogP contribution in [0.1, 0.15) is 16.1 Å². The molecule has 0 aliphatic carbocycles. The number of aromatic hydroxyl groups is 1. The van der Waals surface area contributed by atoms with Gasteiger partial charge in [-0.05, 0) is 42.0 Å². The maximum absolute atomic E-state index is 13.3. The van der Waals surface area contributed by atoms with Crippen LogP contribution in [0.2, 0.25) is 5.02 Å². The number of fused-ring (bicyclic) bond motifs is 3. The quantitative estimate of drug-likeness (QED) is 0.297. The Balaban J connectivity index is 1.91. The first kappa shape index (κ1) is 18.2. The number of carbonyl (C=O) groups is 1. The van der Waals surface area contributed by atoms with Gasteiger partial charge in [-0.15, -0.1) is 0 Å². The fourth-order valence-corrected chi connectivity index (χ4v) is 3.68. The van der Waals surface area contributed by atoms with Crippen LogP contribution in [0.4, 0.5) is 0 Å². The number of para-hydroxylation sites is 2. The smallest absolute Gasteiger partial charge is 0.348 e. The van der Waals surface area contributed by atoms with Crippen molar-refractivity contribution in [1.29, 1.82) is 0 Å². The second kappa shape index (κ2) is 6.90. The minimum Gasteiger partial charge on any atom is -0.507 e. The number of phenols is 1. The third-order valence-electron chi connectivity index (χ3n) is 4.93. The highest BCUT2D eigenvalue weighted by Gasteiger charge is 2.28. The number of halogens is 1. The molecule has 0 saturated carbocycles. The molecule has 0 aliphatic heterocycles. The van der Waals surface area contributed by atoms with Crippen molar-refractivity contribution in [1.82, 2.24) is 0 Å².